The Labute approximate surface area is 67.8 Å². The summed E-state index contributed by atoms with van der Waals surface area (Å²) in [4.78, 5) is 0. The van der Waals surface area contributed by atoms with Crippen LogP contribution in [0.25, 0.3) is 0 Å². The number of hydrogen-bond acceptors (Lipinski definition) is 1. The van der Waals surface area contributed by atoms with Crippen molar-refractivity contribution in [2.45, 2.75) is 31.8 Å². The summed E-state index contributed by atoms with van der Waals surface area (Å²) in [7, 11) is 0. The molecule has 0 aliphatic heterocycles. The highest BCUT2D eigenvalue weighted by Crippen LogP contribution is 2.49. The van der Waals surface area contributed by atoms with Gasteiger partial charge in [0.1, 0.15) is 6.10 Å². The highest BCUT2D eigenvalue weighted by molar-refractivity contribution is 5.03. The maximum absolute atomic E-state index is 9.44. The van der Waals surface area contributed by atoms with Gasteiger partial charge in [0, 0.05) is 0 Å². The molecule has 1 N–H and O–H groups in total. The molecule has 60 valence electrons. The fourth-order valence-corrected chi connectivity index (χ4v) is 2.80. The second-order valence-corrected chi connectivity index (χ2v) is 3.95. The molecule has 1 nitrogen and oxygen atoms in total. The van der Waals surface area contributed by atoms with E-state index in [-0.39, 0.29) is 0 Å². The Morgan fingerprint density at radius 3 is 2.64 bits per heavy atom. The molecule has 4 atom stereocenters. The molecule has 2 bridgehead atoms. The van der Waals surface area contributed by atoms with Crippen molar-refractivity contribution in [1.82, 2.24) is 0 Å². The van der Waals surface area contributed by atoms with Crippen molar-refractivity contribution in [3.8, 4) is 12.3 Å². The maximum Gasteiger partial charge on any atom is 0.117 e. The number of terminal acetylenes is 1. The number of rotatable bonds is 1. The number of hydrogen-bond donors (Lipinski definition) is 1. The number of aliphatic hydroxyl groups is 1. The molecule has 0 radical (unpaired) electrons. The zero-order chi connectivity index (χ0) is 7.84. The van der Waals surface area contributed by atoms with Crippen LogP contribution in [0, 0.1) is 30.1 Å². The molecule has 2 aliphatic carbocycles. The monoisotopic (exact) mass is 150 g/mol. The van der Waals surface area contributed by atoms with Crippen molar-refractivity contribution in [2.75, 3.05) is 0 Å². The standard InChI is InChI=1S/C10H14O/c1-2-10(11)9-6-7-3-4-8(9)5-7/h1,7-11H,3-6H2/t7?,8?,9?,10-/m1/s1. The van der Waals surface area contributed by atoms with Gasteiger partial charge in [-0.05, 0) is 37.0 Å². The van der Waals surface area contributed by atoms with Crippen LogP contribution < -0.4 is 0 Å². The van der Waals surface area contributed by atoms with Gasteiger partial charge in [0.05, 0.1) is 0 Å². The fraction of sp³-hybridized carbons (Fsp3) is 0.800. The molecule has 1 heteroatoms. The molecular weight excluding hydrogens is 136 g/mol. The highest BCUT2D eigenvalue weighted by Gasteiger charge is 2.42. The maximum atomic E-state index is 9.44. The van der Waals surface area contributed by atoms with Gasteiger partial charge in [-0.25, -0.2) is 0 Å². The first-order valence-electron chi connectivity index (χ1n) is 4.45. The molecule has 0 aromatic heterocycles. The first kappa shape index (κ1) is 7.18. The Kier molecular flexibility index (Phi) is 1.65. The average molecular weight is 150 g/mol. The summed E-state index contributed by atoms with van der Waals surface area (Å²) >= 11 is 0. The van der Waals surface area contributed by atoms with E-state index in [9.17, 15) is 5.11 Å². The normalized spacial score (nSPS) is 43.8. The summed E-state index contributed by atoms with van der Waals surface area (Å²) in [6.45, 7) is 0. The van der Waals surface area contributed by atoms with Crippen molar-refractivity contribution in [3.05, 3.63) is 0 Å². The summed E-state index contributed by atoms with van der Waals surface area (Å²) in [6.07, 6.45) is 9.89. The Morgan fingerprint density at radius 1 is 1.36 bits per heavy atom. The molecule has 2 saturated carbocycles. The Hall–Kier alpha value is -0.480. The third kappa shape index (κ3) is 1.06. The first-order valence-corrected chi connectivity index (χ1v) is 4.45. The number of fused-ring (bicyclic) bond motifs is 2. The fourth-order valence-electron chi connectivity index (χ4n) is 2.80. The van der Waals surface area contributed by atoms with Crippen LogP contribution in [0.2, 0.25) is 0 Å². The van der Waals surface area contributed by atoms with Gasteiger partial charge >= 0.3 is 0 Å². The minimum Gasteiger partial charge on any atom is -0.380 e. The number of aliphatic hydroxyl groups excluding tert-OH is 1. The van der Waals surface area contributed by atoms with Crippen LogP contribution in [0.3, 0.4) is 0 Å². The highest BCUT2D eigenvalue weighted by atomic mass is 16.3. The molecule has 2 rings (SSSR count). The van der Waals surface area contributed by atoms with E-state index in [0.717, 1.165) is 11.8 Å². The minimum atomic E-state index is -0.467. The zero-order valence-electron chi connectivity index (χ0n) is 6.66. The molecule has 2 fully saturated rings. The SMILES string of the molecule is C#C[C@@H](O)C1CC2CCC1C2. The summed E-state index contributed by atoms with van der Waals surface area (Å²) in [5.41, 5.74) is 0. The van der Waals surface area contributed by atoms with E-state index < -0.39 is 6.10 Å². The van der Waals surface area contributed by atoms with Crippen molar-refractivity contribution < 1.29 is 5.11 Å². The summed E-state index contributed by atoms with van der Waals surface area (Å²) in [6, 6.07) is 0. The third-order valence-corrected chi connectivity index (χ3v) is 3.37. The van der Waals surface area contributed by atoms with E-state index in [1.54, 1.807) is 0 Å². The lowest BCUT2D eigenvalue weighted by Gasteiger charge is -2.23. The molecule has 0 amide bonds. The van der Waals surface area contributed by atoms with Crippen molar-refractivity contribution >= 4 is 0 Å². The predicted molar refractivity (Wildman–Crippen MR) is 43.8 cm³/mol. The van der Waals surface area contributed by atoms with Gasteiger partial charge in [0.2, 0.25) is 0 Å². The van der Waals surface area contributed by atoms with E-state index in [0.29, 0.717) is 5.92 Å². The summed E-state index contributed by atoms with van der Waals surface area (Å²) in [5.74, 6) is 4.50. The van der Waals surface area contributed by atoms with Crippen LogP contribution >= 0.6 is 0 Å². The van der Waals surface area contributed by atoms with Crippen LogP contribution in [-0.4, -0.2) is 11.2 Å². The van der Waals surface area contributed by atoms with Crippen molar-refractivity contribution in [3.63, 3.8) is 0 Å². The van der Waals surface area contributed by atoms with E-state index in [2.05, 4.69) is 5.92 Å². The molecular formula is C10H14O. The minimum absolute atomic E-state index is 0.429. The lowest BCUT2D eigenvalue weighted by Crippen LogP contribution is -2.23. The average Bonchev–Trinajstić information content (AvgIpc) is 2.62. The van der Waals surface area contributed by atoms with E-state index in [4.69, 9.17) is 6.42 Å². The molecule has 11 heavy (non-hydrogen) atoms. The molecule has 0 saturated heterocycles. The van der Waals surface area contributed by atoms with E-state index >= 15 is 0 Å². The van der Waals surface area contributed by atoms with Crippen LogP contribution in [0.4, 0.5) is 0 Å². The van der Waals surface area contributed by atoms with E-state index in [1.807, 2.05) is 0 Å². The second kappa shape index (κ2) is 2.53. The van der Waals surface area contributed by atoms with Gasteiger partial charge in [0.25, 0.3) is 0 Å². The largest absolute Gasteiger partial charge is 0.380 e. The molecule has 0 aromatic carbocycles. The quantitative estimate of drug-likeness (QED) is 0.560. The Balaban J connectivity index is 2.03. The topological polar surface area (TPSA) is 20.2 Å². The first-order chi connectivity index (χ1) is 5.31. The third-order valence-electron chi connectivity index (χ3n) is 3.37. The predicted octanol–water partition coefficient (Wildman–Crippen LogP) is 1.42. The second-order valence-electron chi connectivity index (χ2n) is 3.95. The lowest BCUT2D eigenvalue weighted by molar-refractivity contribution is 0.122. The molecule has 0 spiro atoms. The van der Waals surface area contributed by atoms with Gasteiger partial charge < -0.3 is 5.11 Å². The van der Waals surface area contributed by atoms with Crippen LogP contribution in [0.15, 0.2) is 0 Å². The van der Waals surface area contributed by atoms with Gasteiger partial charge in [-0.15, -0.1) is 6.42 Å². The van der Waals surface area contributed by atoms with Crippen molar-refractivity contribution in [2.24, 2.45) is 17.8 Å². The molecule has 3 unspecified atom stereocenters. The Bertz CT molecular complexity index is 192. The van der Waals surface area contributed by atoms with E-state index in [1.165, 1.54) is 25.7 Å². The summed E-state index contributed by atoms with van der Waals surface area (Å²) in [5, 5.41) is 9.44. The zero-order valence-corrected chi connectivity index (χ0v) is 6.66. The summed E-state index contributed by atoms with van der Waals surface area (Å²) < 4.78 is 0. The lowest BCUT2D eigenvalue weighted by atomic mass is 9.85. The molecule has 0 aromatic rings. The van der Waals surface area contributed by atoms with Crippen molar-refractivity contribution in [1.29, 1.82) is 0 Å². The molecule has 2 aliphatic rings. The van der Waals surface area contributed by atoms with Gasteiger partial charge in [0.15, 0.2) is 0 Å². The smallest absolute Gasteiger partial charge is 0.117 e. The van der Waals surface area contributed by atoms with Crippen LogP contribution in [-0.2, 0) is 0 Å². The van der Waals surface area contributed by atoms with Gasteiger partial charge in [-0.2, -0.15) is 0 Å². The molecule has 0 heterocycles. The van der Waals surface area contributed by atoms with Gasteiger partial charge in [-0.1, -0.05) is 12.3 Å². The van der Waals surface area contributed by atoms with Gasteiger partial charge in [-0.3, -0.25) is 0 Å². The Morgan fingerprint density at radius 2 is 2.18 bits per heavy atom. The van der Waals surface area contributed by atoms with Crippen LogP contribution in [0.1, 0.15) is 25.7 Å². The van der Waals surface area contributed by atoms with Crippen LogP contribution in [0.5, 0.6) is 0 Å².